The summed E-state index contributed by atoms with van der Waals surface area (Å²) in [5.74, 6) is 0.833. The third-order valence-electron chi connectivity index (χ3n) is 4.75. The Morgan fingerprint density at radius 2 is 1.74 bits per heavy atom. The van der Waals surface area contributed by atoms with Crippen LogP contribution in [-0.2, 0) is 4.79 Å². The van der Waals surface area contributed by atoms with E-state index in [0.717, 1.165) is 28.1 Å². The van der Waals surface area contributed by atoms with Gasteiger partial charge in [-0.3, -0.25) is 9.36 Å². The van der Waals surface area contributed by atoms with Gasteiger partial charge in [0.2, 0.25) is 5.91 Å². The first-order valence-electron chi connectivity index (χ1n) is 9.78. The lowest BCUT2D eigenvalue weighted by Gasteiger charge is -2.11. The van der Waals surface area contributed by atoms with E-state index >= 15 is 0 Å². The van der Waals surface area contributed by atoms with Crippen LogP contribution >= 0.6 is 23.4 Å². The first kappa shape index (κ1) is 21.2. The molecule has 0 aliphatic carbocycles. The van der Waals surface area contributed by atoms with Crippen LogP contribution in [0, 0.1) is 13.8 Å². The largest absolute Gasteiger partial charge is 0.325 e. The molecule has 31 heavy (non-hydrogen) atoms. The van der Waals surface area contributed by atoms with Crippen molar-refractivity contribution in [2.45, 2.75) is 19.0 Å². The average molecular weight is 449 g/mol. The average Bonchev–Trinajstić information content (AvgIpc) is 3.20. The Balaban J connectivity index is 1.59. The summed E-state index contributed by atoms with van der Waals surface area (Å²) in [6, 6.07) is 23.3. The molecule has 3 aromatic carbocycles. The maximum atomic E-state index is 12.6. The Kier molecular flexibility index (Phi) is 6.39. The molecule has 0 spiro atoms. The number of carbonyl (C=O) groups excluding carboxylic acids is 1. The molecule has 4 rings (SSSR count). The van der Waals surface area contributed by atoms with Crippen molar-refractivity contribution in [1.82, 2.24) is 14.8 Å². The van der Waals surface area contributed by atoms with Crippen molar-refractivity contribution in [1.29, 1.82) is 0 Å². The van der Waals surface area contributed by atoms with Gasteiger partial charge in [-0.1, -0.05) is 65.8 Å². The summed E-state index contributed by atoms with van der Waals surface area (Å²) in [5.41, 5.74) is 4.78. The lowest BCUT2D eigenvalue weighted by molar-refractivity contribution is -0.113. The second-order valence-corrected chi connectivity index (χ2v) is 8.52. The fourth-order valence-corrected chi connectivity index (χ4v) is 4.03. The molecular weight excluding hydrogens is 428 g/mol. The number of halogens is 1. The highest BCUT2D eigenvalue weighted by Crippen LogP contribution is 2.28. The Hall–Kier alpha value is -3.09. The third kappa shape index (κ3) is 4.98. The van der Waals surface area contributed by atoms with E-state index < -0.39 is 0 Å². The normalized spacial score (nSPS) is 10.8. The van der Waals surface area contributed by atoms with E-state index in [-0.39, 0.29) is 11.7 Å². The predicted molar refractivity (Wildman–Crippen MR) is 127 cm³/mol. The molecule has 0 radical (unpaired) electrons. The molecule has 156 valence electrons. The van der Waals surface area contributed by atoms with Crippen LogP contribution in [0.4, 0.5) is 5.69 Å². The summed E-state index contributed by atoms with van der Waals surface area (Å²) < 4.78 is 1.95. The predicted octanol–water partition coefficient (Wildman–Crippen LogP) is 5.94. The van der Waals surface area contributed by atoms with E-state index in [0.29, 0.717) is 16.0 Å². The third-order valence-corrected chi connectivity index (χ3v) is 5.93. The molecule has 5 nitrogen and oxygen atoms in total. The first-order valence-corrected chi connectivity index (χ1v) is 11.1. The zero-order valence-corrected chi connectivity index (χ0v) is 18.7. The van der Waals surface area contributed by atoms with Gasteiger partial charge in [-0.25, -0.2) is 0 Å². The SMILES string of the molecule is Cc1ccc(C)c(NC(=O)CSc2nnc(-c3ccccc3)n2-c2ccc(Cl)cc2)c1. The molecule has 1 amide bonds. The molecule has 7 heteroatoms. The number of aromatic nitrogens is 3. The quantitative estimate of drug-likeness (QED) is 0.371. The molecule has 0 aliphatic heterocycles. The maximum absolute atomic E-state index is 12.6. The molecule has 4 aromatic rings. The van der Waals surface area contributed by atoms with Crippen molar-refractivity contribution in [2.75, 3.05) is 11.1 Å². The monoisotopic (exact) mass is 448 g/mol. The van der Waals surface area contributed by atoms with Crippen molar-refractivity contribution in [3.63, 3.8) is 0 Å². The molecule has 0 saturated carbocycles. The number of nitrogens with zero attached hydrogens (tertiary/aromatic N) is 3. The van der Waals surface area contributed by atoms with Gasteiger partial charge in [0, 0.05) is 22.0 Å². The summed E-state index contributed by atoms with van der Waals surface area (Å²) in [5, 5.41) is 13.0. The van der Waals surface area contributed by atoms with Crippen LogP contribution in [0.2, 0.25) is 5.02 Å². The summed E-state index contributed by atoms with van der Waals surface area (Å²) >= 11 is 7.42. The van der Waals surface area contributed by atoms with Gasteiger partial charge >= 0.3 is 0 Å². The lowest BCUT2D eigenvalue weighted by atomic mass is 10.1. The Morgan fingerprint density at radius 1 is 1.00 bits per heavy atom. The molecule has 0 atom stereocenters. The molecule has 0 aliphatic rings. The van der Waals surface area contributed by atoms with E-state index in [9.17, 15) is 4.79 Å². The van der Waals surface area contributed by atoms with Gasteiger partial charge in [-0.05, 0) is 55.3 Å². The minimum Gasteiger partial charge on any atom is -0.325 e. The molecule has 0 unspecified atom stereocenters. The van der Waals surface area contributed by atoms with Crippen molar-refractivity contribution < 1.29 is 4.79 Å². The van der Waals surface area contributed by atoms with Crippen molar-refractivity contribution in [2.24, 2.45) is 0 Å². The Morgan fingerprint density at radius 3 is 2.48 bits per heavy atom. The van der Waals surface area contributed by atoms with Gasteiger partial charge in [-0.2, -0.15) is 0 Å². The lowest BCUT2D eigenvalue weighted by Crippen LogP contribution is -2.15. The Bertz CT molecular complexity index is 1210. The highest BCUT2D eigenvalue weighted by molar-refractivity contribution is 7.99. The topological polar surface area (TPSA) is 59.8 Å². The van der Waals surface area contributed by atoms with Crippen molar-refractivity contribution in [3.05, 3.63) is 88.9 Å². The number of hydrogen-bond acceptors (Lipinski definition) is 4. The van der Waals surface area contributed by atoms with Crippen LogP contribution in [0.1, 0.15) is 11.1 Å². The molecule has 0 fully saturated rings. The van der Waals surface area contributed by atoms with Crippen molar-refractivity contribution in [3.8, 4) is 17.1 Å². The number of rotatable bonds is 6. The fourth-order valence-electron chi connectivity index (χ4n) is 3.15. The number of aryl methyl sites for hydroxylation is 2. The number of anilines is 1. The van der Waals surface area contributed by atoms with Crippen molar-refractivity contribution >= 4 is 35.0 Å². The summed E-state index contributed by atoms with van der Waals surface area (Å²) in [6.07, 6.45) is 0. The van der Waals surface area contributed by atoms with Crippen LogP contribution < -0.4 is 5.32 Å². The number of thioether (sulfide) groups is 1. The Labute approximate surface area is 190 Å². The van der Waals surface area contributed by atoms with E-state index in [1.807, 2.05) is 91.2 Å². The summed E-state index contributed by atoms with van der Waals surface area (Å²) in [4.78, 5) is 12.6. The molecule has 0 bridgehead atoms. The van der Waals surface area contributed by atoms with Crippen LogP contribution in [0.15, 0.2) is 78.0 Å². The smallest absolute Gasteiger partial charge is 0.234 e. The van der Waals surface area contributed by atoms with E-state index in [1.165, 1.54) is 11.8 Å². The second kappa shape index (κ2) is 9.37. The number of carbonyl (C=O) groups is 1. The number of benzene rings is 3. The molecule has 1 heterocycles. The molecule has 1 aromatic heterocycles. The minimum atomic E-state index is -0.0920. The first-order chi connectivity index (χ1) is 15.0. The van der Waals surface area contributed by atoms with Gasteiger partial charge in [0.25, 0.3) is 0 Å². The standard InChI is InChI=1S/C24H21ClN4OS/c1-16-8-9-17(2)21(14-16)26-22(30)15-31-24-28-27-23(18-6-4-3-5-7-18)29(24)20-12-10-19(25)11-13-20/h3-14H,15H2,1-2H3,(H,26,30). The minimum absolute atomic E-state index is 0.0920. The summed E-state index contributed by atoms with van der Waals surface area (Å²) in [6.45, 7) is 3.98. The van der Waals surface area contributed by atoms with Crippen LogP contribution in [0.5, 0.6) is 0 Å². The number of hydrogen-bond donors (Lipinski definition) is 1. The molecular formula is C24H21ClN4OS. The van der Waals surface area contributed by atoms with Crippen LogP contribution in [0.3, 0.4) is 0 Å². The van der Waals surface area contributed by atoms with Gasteiger partial charge < -0.3 is 5.32 Å². The van der Waals surface area contributed by atoms with E-state index in [1.54, 1.807) is 0 Å². The maximum Gasteiger partial charge on any atom is 0.234 e. The van der Waals surface area contributed by atoms with Crippen LogP contribution in [0.25, 0.3) is 17.1 Å². The van der Waals surface area contributed by atoms with Gasteiger partial charge in [-0.15, -0.1) is 10.2 Å². The zero-order valence-electron chi connectivity index (χ0n) is 17.2. The zero-order chi connectivity index (χ0) is 21.8. The molecule has 1 N–H and O–H groups in total. The summed E-state index contributed by atoms with van der Waals surface area (Å²) in [7, 11) is 0. The number of nitrogens with one attached hydrogen (secondary N) is 1. The van der Waals surface area contributed by atoms with Crippen LogP contribution in [-0.4, -0.2) is 26.4 Å². The van der Waals surface area contributed by atoms with Gasteiger partial charge in [0.05, 0.1) is 5.75 Å². The fraction of sp³-hybridized carbons (Fsp3) is 0.125. The van der Waals surface area contributed by atoms with Gasteiger partial charge in [0.15, 0.2) is 11.0 Å². The highest BCUT2D eigenvalue weighted by Gasteiger charge is 2.17. The second-order valence-electron chi connectivity index (χ2n) is 7.14. The highest BCUT2D eigenvalue weighted by atomic mass is 35.5. The van der Waals surface area contributed by atoms with Gasteiger partial charge in [0.1, 0.15) is 0 Å². The van der Waals surface area contributed by atoms with E-state index in [4.69, 9.17) is 11.6 Å². The van der Waals surface area contributed by atoms with E-state index in [2.05, 4.69) is 15.5 Å². The number of amides is 1. The molecule has 0 saturated heterocycles.